The normalized spacial score (nSPS) is 57.3. The molecular formula is C29H46O3. The van der Waals surface area contributed by atoms with Crippen molar-refractivity contribution in [3.8, 4) is 0 Å². The number of carboxylic acids is 1. The molecule has 0 aromatic rings. The highest BCUT2D eigenvalue weighted by Crippen LogP contribution is 2.74. The standard InChI is InChI=1S/C29H46O3/c1-17-9-14-29(25(31)32)16-15-27(5)21(24(29)18(17)2)7-8-23-26(4)12-11-22(30)19(3)20(26)10-13-28(23,27)6/h7,17-20,22-24,30H,8-16H2,1-6H3,(H,31,32)/t17-,18+,19-,20?,22+,23?,24?,26+,27-,28-,29+/m1/s1. The predicted octanol–water partition coefficient (Wildman–Crippen LogP) is 6.70. The molecule has 3 nitrogen and oxygen atoms in total. The van der Waals surface area contributed by atoms with Gasteiger partial charge in [0.15, 0.2) is 0 Å². The Hall–Kier alpha value is -0.830. The van der Waals surface area contributed by atoms with Crippen LogP contribution in [-0.2, 0) is 4.79 Å². The van der Waals surface area contributed by atoms with Crippen molar-refractivity contribution in [2.75, 3.05) is 0 Å². The molecule has 0 radical (unpaired) electrons. The molecule has 0 amide bonds. The molecule has 5 aliphatic rings. The van der Waals surface area contributed by atoms with Crippen LogP contribution in [0.1, 0.15) is 99.3 Å². The zero-order chi connectivity index (χ0) is 23.3. The lowest BCUT2D eigenvalue weighted by atomic mass is 9.34. The summed E-state index contributed by atoms with van der Waals surface area (Å²) in [6.45, 7) is 14.6. The number of carboxylic acid groups (broad SMARTS) is 1. The second-order valence-corrected chi connectivity index (χ2v) is 13.6. The molecule has 2 N–H and O–H groups in total. The molecule has 3 unspecified atom stereocenters. The number of aliphatic hydroxyl groups is 1. The smallest absolute Gasteiger partial charge is 0.310 e. The van der Waals surface area contributed by atoms with E-state index in [0.717, 1.165) is 44.9 Å². The molecule has 5 rings (SSSR count). The number of fused-ring (bicyclic) bond motifs is 7. The first-order valence-electron chi connectivity index (χ1n) is 13.5. The Morgan fingerprint density at radius 1 is 0.938 bits per heavy atom. The van der Waals surface area contributed by atoms with E-state index in [0.29, 0.717) is 29.6 Å². The molecule has 0 aliphatic heterocycles. The molecule has 3 heteroatoms. The molecule has 11 atom stereocenters. The maximum absolute atomic E-state index is 12.8. The Balaban J connectivity index is 1.60. The van der Waals surface area contributed by atoms with Crippen molar-refractivity contribution < 1.29 is 15.0 Å². The van der Waals surface area contributed by atoms with Gasteiger partial charge in [-0.3, -0.25) is 4.79 Å². The van der Waals surface area contributed by atoms with Gasteiger partial charge in [0.1, 0.15) is 0 Å². The van der Waals surface area contributed by atoms with Gasteiger partial charge in [-0.2, -0.15) is 0 Å². The fourth-order valence-electron chi connectivity index (χ4n) is 10.5. The molecule has 0 heterocycles. The van der Waals surface area contributed by atoms with Gasteiger partial charge in [-0.15, -0.1) is 0 Å². The lowest BCUT2D eigenvalue weighted by Gasteiger charge is -2.70. The van der Waals surface area contributed by atoms with Crippen LogP contribution in [-0.4, -0.2) is 22.3 Å². The minimum Gasteiger partial charge on any atom is -0.481 e. The molecular weight excluding hydrogens is 396 g/mol. The second-order valence-electron chi connectivity index (χ2n) is 13.6. The van der Waals surface area contributed by atoms with E-state index < -0.39 is 11.4 Å². The third kappa shape index (κ3) is 2.61. The number of allylic oxidation sites excluding steroid dienone is 2. The number of hydrogen-bond acceptors (Lipinski definition) is 2. The van der Waals surface area contributed by atoms with Crippen molar-refractivity contribution in [3.63, 3.8) is 0 Å². The first-order chi connectivity index (χ1) is 14.9. The average Bonchev–Trinajstić information content (AvgIpc) is 2.74. The van der Waals surface area contributed by atoms with Crippen LogP contribution in [0.2, 0.25) is 0 Å². The van der Waals surface area contributed by atoms with Crippen LogP contribution in [0.25, 0.3) is 0 Å². The van der Waals surface area contributed by atoms with Crippen LogP contribution in [0.5, 0.6) is 0 Å². The molecule has 4 fully saturated rings. The van der Waals surface area contributed by atoms with E-state index in [9.17, 15) is 15.0 Å². The molecule has 4 saturated carbocycles. The Bertz CT molecular complexity index is 832. The van der Waals surface area contributed by atoms with Gasteiger partial charge in [-0.25, -0.2) is 0 Å². The highest BCUT2D eigenvalue weighted by atomic mass is 16.4. The molecule has 0 aromatic heterocycles. The molecule has 180 valence electrons. The quantitative estimate of drug-likeness (QED) is 0.444. The molecule has 0 saturated heterocycles. The van der Waals surface area contributed by atoms with Crippen molar-refractivity contribution in [2.24, 2.45) is 57.2 Å². The second kappa shape index (κ2) is 7.09. The first kappa shape index (κ1) is 22.9. The van der Waals surface area contributed by atoms with Gasteiger partial charge in [0.25, 0.3) is 0 Å². The maximum atomic E-state index is 12.8. The number of rotatable bonds is 1. The monoisotopic (exact) mass is 442 g/mol. The third-order valence-electron chi connectivity index (χ3n) is 13.0. The van der Waals surface area contributed by atoms with E-state index in [-0.39, 0.29) is 28.3 Å². The molecule has 32 heavy (non-hydrogen) atoms. The molecule has 0 spiro atoms. The van der Waals surface area contributed by atoms with E-state index >= 15 is 0 Å². The summed E-state index contributed by atoms with van der Waals surface area (Å²) in [5, 5.41) is 21.1. The molecule has 5 aliphatic carbocycles. The Morgan fingerprint density at radius 3 is 2.34 bits per heavy atom. The number of hydrogen-bond donors (Lipinski definition) is 2. The van der Waals surface area contributed by atoms with E-state index in [4.69, 9.17) is 0 Å². The highest BCUT2D eigenvalue weighted by molar-refractivity contribution is 5.76. The average molecular weight is 443 g/mol. The van der Waals surface area contributed by atoms with Crippen LogP contribution >= 0.6 is 0 Å². The highest BCUT2D eigenvalue weighted by Gasteiger charge is 2.68. The van der Waals surface area contributed by atoms with Crippen molar-refractivity contribution in [1.82, 2.24) is 0 Å². The summed E-state index contributed by atoms with van der Waals surface area (Å²) >= 11 is 0. The van der Waals surface area contributed by atoms with Crippen LogP contribution in [0, 0.1) is 57.2 Å². The fraction of sp³-hybridized carbons (Fsp3) is 0.897. The first-order valence-corrected chi connectivity index (χ1v) is 13.5. The van der Waals surface area contributed by atoms with Gasteiger partial charge in [0.05, 0.1) is 11.5 Å². The third-order valence-corrected chi connectivity index (χ3v) is 13.0. The minimum atomic E-state index is -0.551. The Labute approximate surface area is 195 Å². The number of carbonyl (C=O) groups is 1. The summed E-state index contributed by atoms with van der Waals surface area (Å²) in [7, 11) is 0. The van der Waals surface area contributed by atoms with Gasteiger partial charge in [0.2, 0.25) is 0 Å². The Kier molecular flexibility index (Phi) is 5.08. The summed E-state index contributed by atoms with van der Waals surface area (Å²) < 4.78 is 0. The Morgan fingerprint density at radius 2 is 1.66 bits per heavy atom. The molecule has 0 bridgehead atoms. The van der Waals surface area contributed by atoms with E-state index in [1.807, 2.05) is 0 Å². The summed E-state index contributed by atoms with van der Waals surface area (Å²) in [5.74, 6) is 2.31. The van der Waals surface area contributed by atoms with Crippen molar-refractivity contribution in [1.29, 1.82) is 0 Å². The largest absolute Gasteiger partial charge is 0.481 e. The molecule has 0 aromatic carbocycles. The van der Waals surface area contributed by atoms with Crippen LogP contribution in [0.4, 0.5) is 0 Å². The van der Waals surface area contributed by atoms with Crippen molar-refractivity contribution >= 4 is 5.97 Å². The summed E-state index contributed by atoms with van der Waals surface area (Å²) in [6.07, 6.45) is 11.8. The lowest BCUT2D eigenvalue weighted by molar-refractivity contribution is -0.189. The fourth-order valence-corrected chi connectivity index (χ4v) is 10.5. The van der Waals surface area contributed by atoms with Crippen molar-refractivity contribution in [2.45, 2.75) is 105 Å². The summed E-state index contributed by atoms with van der Waals surface area (Å²) in [6, 6.07) is 0. The van der Waals surface area contributed by atoms with E-state index in [2.05, 4.69) is 47.6 Å². The maximum Gasteiger partial charge on any atom is 0.310 e. The minimum absolute atomic E-state index is 0.0954. The van der Waals surface area contributed by atoms with E-state index in [1.165, 1.54) is 18.4 Å². The predicted molar refractivity (Wildman–Crippen MR) is 128 cm³/mol. The van der Waals surface area contributed by atoms with E-state index in [1.54, 1.807) is 0 Å². The van der Waals surface area contributed by atoms with Gasteiger partial charge >= 0.3 is 5.97 Å². The zero-order valence-electron chi connectivity index (χ0n) is 21.3. The lowest BCUT2D eigenvalue weighted by Crippen LogP contribution is -2.64. The van der Waals surface area contributed by atoms with Gasteiger partial charge < -0.3 is 10.2 Å². The topological polar surface area (TPSA) is 57.5 Å². The van der Waals surface area contributed by atoms with Gasteiger partial charge in [0, 0.05) is 0 Å². The van der Waals surface area contributed by atoms with Crippen LogP contribution in [0.3, 0.4) is 0 Å². The summed E-state index contributed by atoms with van der Waals surface area (Å²) in [4.78, 5) is 12.8. The number of aliphatic carboxylic acids is 1. The summed E-state index contributed by atoms with van der Waals surface area (Å²) in [5.41, 5.74) is 1.57. The zero-order valence-corrected chi connectivity index (χ0v) is 21.3. The van der Waals surface area contributed by atoms with Crippen molar-refractivity contribution in [3.05, 3.63) is 11.6 Å². The van der Waals surface area contributed by atoms with Gasteiger partial charge in [-0.1, -0.05) is 53.2 Å². The van der Waals surface area contributed by atoms with Crippen LogP contribution < -0.4 is 0 Å². The van der Waals surface area contributed by atoms with Crippen LogP contribution in [0.15, 0.2) is 11.6 Å². The number of aliphatic hydroxyl groups excluding tert-OH is 1. The SMILES string of the molecule is C[C@@H]1CC[C@]2(C(=O)O)CC[C@]3(C)C(=CCC4[C@@]5(C)CC[C@H](O)[C@H](C)C5CC[C@]43C)C2[C@H]1C. The van der Waals surface area contributed by atoms with Gasteiger partial charge in [-0.05, 0) is 110 Å².